The van der Waals surface area contributed by atoms with Crippen LogP contribution in [0.25, 0.3) is 0 Å². The van der Waals surface area contributed by atoms with Gasteiger partial charge < -0.3 is 19.6 Å². The minimum atomic E-state index is -0.818. The second-order valence-corrected chi connectivity index (χ2v) is 5.17. The van der Waals surface area contributed by atoms with E-state index in [4.69, 9.17) is 9.84 Å². The number of benzene rings is 1. The molecule has 0 fully saturated rings. The van der Waals surface area contributed by atoms with E-state index < -0.39 is 5.97 Å². The molecule has 0 saturated heterocycles. The molecule has 5 nitrogen and oxygen atoms in total. The first-order valence-electron chi connectivity index (χ1n) is 6.74. The van der Waals surface area contributed by atoms with Crippen molar-refractivity contribution in [3.63, 3.8) is 0 Å². The Kier molecular flexibility index (Phi) is 7.04. The van der Waals surface area contributed by atoms with Crippen LogP contribution < -0.4 is 4.74 Å². The number of rotatable bonds is 9. The average molecular weight is 280 g/mol. The number of carbonyl (C=O) groups is 1. The molecule has 20 heavy (non-hydrogen) atoms. The van der Waals surface area contributed by atoms with Crippen molar-refractivity contribution < 1.29 is 14.6 Å². The van der Waals surface area contributed by atoms with Gasteiger partial charge in [0, 0.05) is 19.6 Å². The molecule has 0 amide bonds. The number of hydrogen-bond donors (Lipinski definition) is 1. The lowest BCUT2D eigenvalue weighted by molar-refractivity contribution is -0.136. The first kappa shape index (κ1) is 16.5. The van der Waals surface area contributed by atoms with E-state index in [0.29, 0.717) is 6.61 Å². The highest BCUT2D eigenvalue weighted by atomic mass is 16.5. The van der Waals surface area contributed by atoms with Gasteiger partial charge in [0.2, 0.25) is 0 Å². The van der Waals surface area contributed by atoms with Crippen LogP contribution in [0.1, 0.15) is 5.56 Å². The van der Waals surface area contributed by atoms with Crippen LogP contribution in [-0.4, -0.2) is 68.3 Å². The van der Waals surface area contributed by atoms with Gasteiger partial charge in [-0.1, -0.05) is 12.1 Å². The Balaban J connectivity index is 2.26. The topological polar surface area (TPSA) is 53.0 Å². The van der Waals surface area contributed by atoms with Crippen LogP contribution >= 0.6 is 0 Å². The van der Waals surface area contributed by atoms with Gasteiger partial charge in [0.15, 0.2) is 0 Å². The number of carboxylic acids is 1. The van der Waals surface area contributed by atoms with E-state index in [-0.39, 0.29) is 6.42 Å². The molecule has 0 bridgehead atoms. The predicted molar refractivity (Wildman–Crippen MR) is 79.3 cm³/mol. The van der Waals surface area contributed by atoms with E-state index in [1.165, 1.54) is 0 Å². The van der Waals surface area contributed by atoms with Gasteiger partial charge >= 0.3 is 5.97 Å². The fourth-order valence-electron chi connectivity index (χ4n) is 1.68. The summed E-state index contributed by atoms with van der Waals surface area (Å²) in [5, 5.41) is 8.69. The van der Waals surface area contributed by atoms with Gasteiger partial charge in [-0.25, -0.2) is 0 Å². The zero-order chi connectivity index (χ0) is 15.0. The summed E-state index contributed by atoms with van der Waals surface area (Å²) in [7, 11) is 6.19. The summed E-state index contributed by atoms with van der Waals surface area (Å²) in [4.78, 5) is 14.9. The Morgan fingerprint density at radius 1 is 1.10 bits per heavy atom. The molecule has 112 valence electrons. The van der Waals surface area contributed by atoms with Gasteiger partial charge in [0.1, 0.15) is 12.4 Å². The van der Waals surface area contributed by atoms with E-state index in [1.54, 1.807) is 12.1 Å². The molecule has 0 radical (unpaired) electrons. The maximum absolute atomic E-state index is 10.6. The maximum Gasteiger partial charge on any atom is 0.307 e. The van der Waals surface area contributed by atoms with Crippen LogP contribution in [0.3, 0.4) is 0 Å². The number of likely N-dealkylation sites (N-methyl/N-ethyl adjacent to an activating group) is 2. The summed E-state index contributed by atoms with van der Waals surface area (Å²) in [5.41, 5.74) is 0.785. The zero-order valence-electron chi connectivity index (χ0n) is 12.5. The lowest BCUT2D eigenvalue weighted by Crippen LogP contribution is -2.31. The van der Waals surface area contributed by atoms with Gasteiger partial charge in [-0.05, 0) is 38.8 Å². The van der Waals surface area contributed by atoms with Gasteiger partial charge in [0.05, 0.1) is 6.42 Å². The SMILES string of the molecule is CN(C)CCN(C)CCOc1ccc(CC(=O)O)cc1. The minimum Gasteiger partial charge on any atom is -0.492 e. The molecule has 5 heteroatoms. The van der Waals surface area contributed by atoms with Crippen LogP contribution in [0.5, 0.6) is 5.75 Å². The van der Waals surface area contributed by atoms with Gasteiger partial charge in [0.25, 0.3) is 0 Å². The molecule has 1 aromatic carbocycles. The second kappa shape index (κ2) is 8.55. The summed E-state index contributed by atoms with van der Waals surface area (Å²) >= 11 is 0. The Morgan fingerprint density at radius 3 is 2.30 bits per heavy atom. The normalized spacial score (nSPS) is 11.1. The summed E-state index contributed by atoms with van der Waals surface area (Å²) in [5.74, 6) is -0.0404. The number of nitrogens with zero attached hydrogens (tertiary/aromatic N) is 2. The highest BCUT2D eigenvalue weighted by molar-refractivity contribution is 5.70. The first-order valence-corrected chi connectivity index (χ1v) is 6.74. The standard InChI is InChI=1S/C15H24N2O3/c1-16(2)8-9-17(3)10-11-20-14-6-4-13(5-7-14)12-15(18)19/h4-7H,8-12H2,1-3H3,(H,18,19). The molecule has 1 rings (SSSR count). The van der Waals surface area contributed by atoms with E-state index in [1.807, 2.05) is 12.1 Å². The summed E-state index contributed by atoms with van der Waals surface area (Å²) in [6.45, 7) is 3.53. The molecule has 0 aliphatic rings. The minimum absolute atomic E-state index is 0.0492. The Hall–Kier alpha value is -1.59. The van der Waals surface area contributed by atoms with Crippen LogP contribution in [0.2, 0.25) is 0 Å². The van der Waals surface area contributed by atoms with Crippen LogP contribution in [0, 0.1) is 0 Å². The highest BCUT2D eigenvalue weighted by Crippen LogP contribution is 2.12. The third-order valence-electron chi connectivity index (χ3n) is 2.95. The molecule has 0 aromatic heterocycles. The molecule has 0 aliphatic heterocycles. The molecule has 0 spiro atoms. The Morgan fingerprint density at radius 2 is 1.75 bits per heavy atom. The zero-order valence-corrected chi connectivity index (χ0v) is 12.5. The Labute approximate surface area is 120 Å². The number of hydrogen-bond acceptors (Lipinski definition) is 4. The maximum atomic E-state index is 10.6. The third kappa shape index (κ3) is 7.11. The molecular weight excluding hydrogens is 256 g/mol. The van der Waals surface area contributed by atoms with Crippen LogP contribution in [0.15, 0.2) is 24.3 Å². The summed E-state index contributed by atoms with van der Waals surface area (Å²) in [6, 6.07) is 7.22. The van der Waals surface area contributed by atoms with Crippen LogP contribution in [-0.2, 0) is 11.2 Å². The predicted octanol–water partition coefficient (Wildman–Crippen LogP) is 1.19. The molecule has 1 N–H and O–H groups in total. The van der Waals surface area contributed by atoms with Crippen molar-refractivity contribution >= 4 is 5.97 Å². The lowest BCUT2D eigenvalue weighted by atomic mass is 10.1. The van der Waals surface area contributed by atoms with Crippen molar-refractivity contribution in [2.75, 3.05) is 47.4 Å². The monoisotopic (exact) mass is 280 g/mol. The lowest BCUT2D eigenvalue weighted by Gasteiger charge is -2.19. The van der Waals surface area contributed by atoms with Crippen molar-refractivity contribution in [2.45, 2.75) is 6.42 Å². The molecule has 0 aliphatic carbocycles. The fraction of sp³-hybridized carbons (Fsp3) is 0.533. The first-order chi connectivity index (χ1) is 9.47. The highest BCUT2D eigenvalue weighted by Gasteiger charge is 2.02. The summed E-state index contributed by atoms with van der Waals surface area (Å²) < 4.78 is 5.64. The third-order valence-corrected chi connectivity index (χ3v) is 2.95. The molecule has 0 saturated carbocycles. The molecule has 1 aromatic rings. The largest absolute Gasteiger partial charge is 0.492 e. The molecule has 0 heterocycles. The van der Waals surface area contributed by atoms with E-state index in [0.717, 1.165) is 30.9 Å². The average Bonchev–Trinajstić information content (AvgIpc) is 2.38. The van der Waals surface area contributed by atoms with E-state index >= 15 is 0 Å². The van der Waals surface area contributed by atoms with Crippen molar-refractivity contribution in [1.29, 1.82) is 0 Å². The molecular formula is C15H24N2O3. The molecule has 0 atom stereocenters. The summed E-state index contributed by atoms with van der Waals surface area (Å²) in [6.07, 6.45) is 0.0492. The number of ether oxygens (including phenoxy) is 1. The smallest absolute Gasteiger partial charge is 0.307 e. The second-order valence-electron chi connectivity index (χ2n) is 5.17. The Bertz CT molecular complexity index is 404. The van der Waals surface area contributed by atoms with Gasteiger partial charge in [-0.3, -0.25) is 4.79 Å². The number of carboxylic acid groups (broad SMARTS) is 1. The van der Waals surface area contributed by atoms with Crippen LogP contribution in [0.4, 0.5) is 0 Å². The number of aliphatic carboxylic acids is 1. The van der Waals surface area contributed by atoms with Gasteiger partial charge in [-0.15, -0.1) is 0 Å². The quantitative estimate of drug-likeness (QED) is 0.736. The van der Waals surface area contributed by atoms with Crippen molar-refractivity contribution in [2.24, 2.45) is 0 Å². The van der Waals surface area contributed by atoms with E-state index in [9.17, 15) is 4.79 Å². The van der Waals surface area contributed by atoms with Crippen molar-refractivity contribution in [1.82, 2.24) is 9.80 Å². The fourth-order valence-corrected chi connectivity index (χ4v) is 1.68. The molecule has 0 unspecified atom stereocenters. The van der Waals surface area contributed by atoms with Crippen molar-refractivity contribution in [3.8, 4) is 5.75 Å². The van der Waals surface area contributed by atoms with E-state index in [2.05, 4.69) is 30.9 Å². The van der Waals surface area contributed by atoms with Gasteiger partial charge in [-0.2, -0.15) is 0 Å². The van der Waals surface area contributed by atoms with Crippen molar-refractivity contribution in [3.05, 3.63) is 29.8 Å².